The van der Waals surface area contributed by atoms with Gasteiger partial charge in [0.05, 0.1) is 50.3 Å². The second-order valence-electron chi connectivity index (χ2n) is 17.2. The van der Waals surface area contributed by atoms with Crippen LogP contribution in [0.1, 0.15) is 173 Å². The van der Waals surface area contributed by atoms with Gasteiger partial charge in [-0.3, -0.25) is 4.79 Å². The Morgan fingerprint density at radius 3 is 1.57 bits per heavy atom. The topological polar surface area (TPSA) is 105 Å². The standard InChI is InChI=1S/C59H67NO8.24H2/c1-9-11-13-15-17-19-21-23-24-25-26-27-28-29-30-31-32-33-35-37-39-41-43-45-55(62)60-51(46-63-47-53-57(68-58(5,6)49-64-53)54-48-65-59(7,8)67-54)56(66-50(3)4)52(61)44-42-40-38-36-34-22-20-18-16-14-12-10-2;;;;;;;;;;;;;;;;;;;;;;;;/h50-54,56-57,61H,10,12,14,16,18,20,22,34,36,38,40,42,44,46-49H2,1-8H3,(H,60,62);24*1H/t51-,52+,53?,54-,56-,57+;;;;;;;;;;;;;;;;;;;;;;;;/m0......................../s1. The normalized spacial score (nSPS) is 17.7. The molecule has 6 atom stereocenters. The molecule has 0 aromatic heterocycles. The number of hydrogen-bond acceptors (Lipinski definition) is 8. The van der Waals surface area contributed by atoms with Crippen molar-refractivity contribution in [1.82, 2.24) is 5.32 Å². The third-order valence-corrected chi connectivity index (χ3v) is 9.93. The minimum atomic E-state index is -0.867. The highest BCUT2D eigenvalue weighted by molar-refractivity contribution is 5.94. The lowest BCUT2D eigenvalue weighted by atomic mass is 9.98. The van der Waals surface area contributed by atoms with Crippen LogP contribution in [0.2, 0.25) is 0 Å². The van der Waals surface area contributed by atoms with Crippen LogP contribution in [-0.2, 0) is 33.2 Å². The van der Waals surface area contributed by atoms with Gasteiger partial charge in [0, 0.05) is 75.7 Å². The number of carbonyl (C=O) groups is 1. The summed E-state index contributed by atoms with van der Waals surface area (Å²) in [6.45, 7) is 16.3. The molecule has 404 valence electrons. The van der Waals surface area contributed by atoms with E-state index in [1.54, 1.807) is 6.92 Å². The molecule has 2 saturated heterocycles. The summed E-state index contributed by atoms with van der Waals surface area (Å²) < 4.78 is 37.3. The Labute approximate surface area is 445 Å². The maximum atomic E-state index is 13.2. The molecular weight excluding hydrogens is 851 g/mol. The first-order valence-electron chi connectivity index (χ1n) is 23.6. The first-order valence-corrected chi connectivity index (χ1v) is 23.6. The van der Waals surface area contributed by atoms with Gasteiger partial charge < -0.3 is 38.8 Å². The van der Waals surface area contributed by atoms with Crippen molar-refractivity contribution in [2.24, 2.45) is 0 Å². The molecule has 0 spiro atoms. The van der Waals surface area contributed by atoms with E-state index >= 15 is 0 Å². The summed E-state index contributed by atoms with van der Waals surface area (Å²) in [4.78, 5) is 13.2. The lowest BCUT2D eigenvalue weighted by Gasteiger charge is -2.43. The maximum Gasteiger partial charge on any atom is 0.297 e. The van der Waals surface area contributed by atoms with Gasteiger partial charge in [-0.15, -0.1) is 0 Å². The van der Waals surface area contributed by atoms with Crippen LogP contribution >= 0.6 is 0 Å². The predicted octanol–water partition coefficient (Wildman–Crippen LogP) is 12.4. The number of nitrogens with one attached hydrogen (secondary N) is 1. The minimum absolute atomic E-state index is 0. The van der Waals surface area contributed by atoms with Gasteiger partial charge in [0.15, 0.2) is 5.79 Å². The highest BCUT2D eigenvalue weighted by Gasteiger charge is 2.47. The Morgan fingerprint density at radius 1 is 0.676 bits per heavy atom. The van der Waals surface area contributed by atoms with Crippen molar-refractivity contribution in [2.75, 3.05) is 26.4 Å². The molecule has 1 unspecified atom stereocenters. The molecular formula is C59H115NO8. The van der Waals surface area contributed by atoms with Gasteiger partial charge in [-0.1, -0.05) is 89.9 Å². The molecule has 0 aliphatic carbocycles. The van der Waals surface area contributed by atoms with Crippen molar-refractivity contribution in [1.29, 1.82) is 0 Å². The molecule has 0 aromatic carbocycles. The largest absolute Gasteiger partial charge is 0.390 e. The fraction of sp³-hybridized carbons (Fsp3) is 0.576. The van der Waals surface area contributed by atoms with Crippen LogP contribution in [-0.4, -0.2) is 91.5 Å². The van der Waals surface area contributed by atoms with Gasteiger partial charge in [0.2, 0.25) is 0 Å². The number of amides is 1. The van der Waals surface area contributed by atoms with E-state index in [2.05, 4.69) is 154 Å². The number of rotatable bonds is 23. The summed E-state index contributed by atoms with van der Waals surface area (Å²) in [5, 5.41) is 14.5. The smallest absolute Gasteiger partial charge is 0.297 e. The van der Waals surface area contributed by atoms with E-state index in [-0.39, 0.29) is 59.7 Å². The molecule has 0 radical (unpaired) electrons. The Balaban J connectivity index is -0.0000000945. The number of carbonyl (C=O) groups excluding carboxylic acids is 1. The number of unbranched alkanes of at least 4 members (excludes halogenated alkanes) is 11. The molecule has 2 heterocycles. The highest BCUT2D eigenvalue weighted by atomic mass is 16.8. The number of hydrogen-bond donors (Lipinski definition) is 2. The lowest BCUT2D eigenvalue weighted by molar-refractivity contribution is -0.261. The van der Waals surface area contributed by atoms with Crippen molar-refractivity contribution in [2.45, 2.75) is 193 Å². The first kappa shape index (κ1) is 58.0. The quantitative estimate of drug-likeness (QED) is 0.0771. The second-order valence-corrected chi connectivity index (χ2v) is 17.2. The predicted molar refractivity (Wildman–Crippen MR) is 318 cm³/mol. The van der Waals surface area contributed by atoms with Gasteiger partial charge in [-0.05, 0) is 150 Å². The van der Waals surface area contributed by atoms with Crippen LogP contribution in [0, 0.1) is 142 Å². The van der Waals surface area contributed by atoms with Gasteiger partial charge in [0.1, 0.15) is 24.4 Å². The summed E-state index contributed by atoms with van der Waals surface area (Å²) in [5.74, 6) is 59.6. The van der Waals surface area contributed by atoms with Crippen LogP contribution in [0.5, 0.6) is 0 Å². The molecule has 9 heteroatoms. The summed E-state index contributed by atoms with van der Waals surface area (Å²) in [6, 6.07) is -0.756. The summed E-state index contributed by atoms with van der Waals surface area (Å²) >= 11 is 0. The van der Waals surface area contributed by atoms with Crippen LogP contribution < -0.4 is 5.32 Å². The zero-order valence-corrected chi connectivity index (χ0v) is 41.4. The fourth-order valence-corrected chi connectivity index (χ4v) is 6.85. The van der Waals surface area contributed by atoms with E-state index in [4.69, 9.17) is 28.4 Å². The molecule has 0 aromatic rings. The summed E-state index contributed by atoms with van der Waals surface area (Å²) in [5.41, 5.74) is -0.531. The van der Waals surface area contributed by atoms with Gasteiger partial charge >= 0.3 is 0 Å². The van der Waals surface area contributed by atoms with Crippen molar-refractivity contribution in [3.63, 3.8) is 0 Å². The Hall–Kier alpha value is -6.09. The van der Waals surface area contributed by atoms with Crippen LogP contribution in [0.4, 0.5) is 0 Å². The zero-order valence-electron chi connectivity index (χ0n) is 41.4. The molecule has 9 nitrogen and oxygen atoms in total. The average Bonchev–Trinajstić information content (AvgIpc) is 3.67. The van der Waals surface area contributed by atoms with Gasteiger partial charge in [-0.2, -0.15) is 0 Å². The van der Waals surface area contributed by atoms with E-state index in [1.165, 1.54) is 57.8 Å². The summed E-state index contributed by atoms with van der Waals surface area (Å²) in [6.07, 6.45) is 11.9. The Morgan fingerprint density at radius 2 is 1.13 bits per heavy atom. The lowest BCUT2D eigenvalue weighted by Crippen LogP contribution is -2.56. The molecule has 2 fully saturated rings. The Kier molecular flexibility index (Phi) is 30.7. The van der Waals surface area contributed by atoms with Crippen molar-refractivity contribution >= 4 is 5.91 Å². The van der Waals surface area contributed by atoms with E-state index in [0.717, 1.165) is 19.3 Å². The number of aliphatic hydroxyl groups excluding tert-OH is 1. The van der Waals surface area contributed by atoms with E-state index in [9.17, 15) is 9.90 Å². The Bertz CT molecular complexity index is 2470. The molecule has 2 aliphatic heterocycles. The van der Waals surface area contributed by atoms with Crippen LogP contribution in [0.3, 0.4) is 0 Å². The van der Waals surface area contributed by atoms with E-state index < -0.39 is 47.8 Å². The minimum Gasteiger partial charge on any atom is -0.390 e. The van der Waals surface area contributed by atoms with Gasteiger partial charge in [0.25, 0.3) is 5.91 Å². The molecule has 2 N–H and O–H groups in total. The molecule has 2 rings (SSSR count). The van der Waals surface area contributed by atoms with Crippen LogP contribution in [0.15, 0.2) is 0 Å². The maximum absolute atomic E-state index is 13.2. The van der Waals surface area contributed by atoms with Gasteiger partial charge in [-0.25, -0.2) is 0 Å². The van der Waals surface area contributed by atoms with E-state index in [0.29, 0.717) is 19.6 Å². The fourth-order valence-electron chi connectivity index (χ4n) is 6.85. The third kappa shape index (κ3) is 28.8. The van der Waals surface area contributed by atoms with Crippen molar-refractivity contribution in [3.05, 3.63) is 0 Å². The average molecular weight is 967 g/mol. The molecule has 0 bridgehead atoms. The van der Waals surface area contributed by atoms with Crippen molar-refractivity contribution < 1.29 is 72.6 Å². The molecule has 68 heavy (non-hydrogen) atoms. The number of ether oxygens (including phenoxy) is 6. The highest BCUT2D eigenvalue weighted by Crippen LogP contribution is 2.33. The second kappa shape index (κ2) is 36.0. The van der Waals surface area contributed by atoms with Crippen LogP contribution in [0.25, 0.3) is 0 Å². The third-order valence-electron chi connectivity index (χ3n) is 9.93. The van der Waals surface area contributed by atoms with E-state index in [1.807, 2.05) is 41.5 Å². The number of aliphatic hydroxyl groups is 1. The SMILES string of the molecule is CC#CC#CC#CC#CC#CC#CC#CC#CC#CC#CC#CC#CC(=O)N[C@@H](COCC1OCC(C)(C)O[C@H]1[C@@H]1COC(C)(C)O1)[C@H](OC(C)C)[C@H](O)CCCCCCCCCCCCCC.[HH].[HH].[HH].[HH].[HH].[HH].[HH].[HH].[HH].[HH].[HH].[HH].[HH].[HH].[HH].[HH].[HH].[HH].[HH].[HH].[HH].[HH].[HH].[HH]. The summed E-state index contributed by atoms with van der Waals surface area (Å²) in [7, 11) is 0. The molecule has 0 saturated carbocycles. The molecule has 1 amide bonds. The molecule has 2 aliphatic rings. The van der Waals surface area contributed by atoms with Crippen molar-refractivity contribution in [3.8, 4) is 142 Å². The monoisotopic (exact) mass is 966 g/mol. The zero-order chi connectivity index (χ0) is 49.6. The first-order chi connectivity index (χ1) is 32.9.